The van der Waals surface area contributed by atoms with Crippen LogP contribution in [0.5, 0.6) is 5.75 Å². The number of nitrogens with one attached hydrogen (secondary N) is 3. The fourth-order valence-electron chi connectivity index (χ4n) is 3.05. The Morgan fingerprint density at radius 2 is 1.55 bits per heavy atom. The third-order valence-corrected chi connectivity index (χ3v) is 4.52. The van der Waals surface area contributed by atoms with Crippen molar-refractivity contribution in [3.63, 3.8) is 0 Å². The number of benzene rings is 2. The number of amides is 2. The van der Waals surface area contributed by atoms with E-state index < -0.39 is 0 Å². The molecule has 0 aliphatic carbocycles. The van der Waals surface area contributed by atoms with Crippen LogP contribution < -0.4 is 20.9 Å². The first-order valence-electron chi connectivity index (χ1n) is 9.21. The van der Waals surface area contributed by atoms with E-state index in [4.69, 9.17) is 4.74 Å². The van der Waals surface area contributed by atoms with E-state index in [0.717, 1.165) is 17.1 Å². The second-order valence-corrected chi connectivity index (χ2v) is 6.55. The van der Waals surface area contributed by atoms with Gasteiger partial charge in [-0.1, -0.05) is 12.1 Å². The molecule has 0 atom stereocenters. The minimum atomic E-state index is -0.386. The molecule has 7 nitrogen and oxygen atoms in total. The Balaban J connectivity index is 1.53. The van der Waals surface area contributed by atoms with Gasteiger partial charge in [0.05, 0.1) is 19.3 Å². The fraction of sp³-hybridized carbons (Fsp3) is 0.182. The van der Waals surface area contributed by atoms with Crippen LogP contribution in [0.25, 0.3) is 5.69 Å². The maximum atomic E-state index is 12.3. The molecule has 1 heterocycles. The van der Waals surface area contributed by atoms with Crippen LogP contribution in [0.2, 0.25) is 0 Å². The second-order valence-electron chi connectivity index (χ2n) is 6.55. The van der Waals surface area contributed by atoms with Gasteiger partial charge in [0.2, 0.25) is 0 Å². The summed E-state index contributed by atoms with van der Waals surface area (Å²) in [7, 11) is 1.56. The number of rotatable bonds is 6. The van der Waals surface area contributed by atoms with Crippen LogP contribution in [0.1, 0.15) is 21.7 Å². The summed E-state index contributed by atoms with van der Waals surface area (Å²) in [6.45, 7) is 4.05. The molecule has 2 aromatic carbocycles. The molecule has 0 spiro atoms. The van der Waals surface area contributed by atoms with Crippen LogP contribution in [-0.2, 0) is 4.79 Å². The molecule has 2 amide bonds. The topological polar surface area (TPSA) is 84.4 Å². The molecule has 0 unspecified atom stereocenters. The number of aromatic nitrogens is 1. The lowest BCUT2D eigenvalue weighted by atomic mass is 10.2. The van der Waals surface area contributed by atoms with E-state index in [1.807, 2.05) is 50.2 Å². The maximum absolute atomic E-state index is 12.3. The van der Waals surface area contributed by atoms with E-state index >= 15 is 0 Å². The standard InChI is InChI=1S/C22H24N4O3/c1-15-8-9-16(2)26(15)18-12-10-17(11-13-18)22(28)25-24-21(27)14-23-19-6-4-5-7-20(19)29-3/h4-13,23H,14H2,1-3H3,(H,24,27)(H,25,28). The Kier molecular flexibility index (Phi) is 6.19. The zero-order valence-corrected chi connectivity index (χ0v) is 16.7. The molecular formula is C22H24N4O3. The van der Waals surface area contributed by atoms with Crippen LogP contribution >= 0.6 is 0 Å². The summed E-state index contributed by atoms with van der Waals surface area (Å²) in [5.41, 5.74) is 9.19. The normalized spacial score (nSPS) is 10.3. The number of methoxy groups -OCH3 is 1. The summed E-state index contributed by atoms with van der Waals surface area (Å²) in [4.78, 5) is 24.3. The molecule has 29 heavy (non-hydrogen) atoms. The van der Waals surface area contributed by atoms with Crippen molar-refractivity contribution in [2.24, 2.45) is 0 Å². The first-order valence-corrected chi connectivity index (χ1v) is 9.21. The highest BCUT2D eigenvalue weighted by atomic mass is 16.5. The third kappa shape index (κ3) is 4.76. The number of hydrogen-bond donors (Lipinski definition) is 3. The van der Waals surface area contributed by atoms with Crippen molar-refractivity contribution in [2.45, 2.75) is 13.8 Å². The minimum absolute atomic E-state index is 0.00816. The van der Waals surface area contributed by atoms with Crippen molar-refractivity contribution in [1.29, 1.82) is 0 Å². The Labute approximate surface area is 169 Å². The summed E-state index contributed by atoms with van der Waals surface area (Å²) in [5, 5.41) is 2.97. The van der Waals surface area contributed by atoms with Crippen molar-refractivity contribution >= 4 is 17.5 Å². The molecular weight excluding hydrogens is 368 g/mol. The monoisotopic (exact) mass is 392 g/mol. The number of ether oxygens (including phenoxy) is 1. The van der Waals surface area contributed by atoms with Gasteiger partial charge in [-0.2, -0.15) is 0 Å². The average Bonchev–Trinajstić information content (AvgIpc) is 3.08. The second kappa shape index (κ2) is 8.97. The van der Waals surface area contributed by atoms with Crippen LogP contribution in [-0.4, -0.2) is 30.0 Å². The first kappa shape index (κ1) is 20.0. The van der Waals surface area contributed by atoms with Crippen molar-refractivity contribution in [1.82, 2.24) is 15.4 Å². The highest BCUT2D eigenvalue weighted by molar-refractivity contribution is 5.95. The number of carbonyl (C=O) groups is 2. The molecule has 0 saturated heterocycles. The van der Waals surface area contributed by atoms with E-state index in [1.165, 1.54) is 0 Å². The van der Waals surface area contributed by atoms with Gasteiger partial charge in [0, 0.05) is 22.6 Å². The highest BCUT2D eigenvalue weighted by Crippen LogP contribution is 2.22. The third-order valence-electron chi connectivity index (χ3n) is 4.52. The minimum Gasteiger partial charge on any atom is -0.495 e. The van der Waals surface area contributed by atoms with Crippen LogP contribution in [0.15, 0.2) is 60.7 Å². The quantitative estimate of drug-likeness (QED) is 0.563. The molecule has 1 aromatic heterocycles. The van der Waals surface area contributed by atoms with E-state index in [1.54, 1.807) is 31.4 Å². The molecule has 3 rings (SSSR count). The molecule has 0 aliphatic heterocycles. The fourth-order valence-corrected chi connectivity index (χ4v) is 3.05. The molecule has 0 fully saturated rings. The number of hydrogen-bond acceptors (Lipinski definition) is 4. The van der Waals surface area contributed by atoms with Crippen LogP contribution in [0.3, 0.4) is 0 Å². The van der Waals surface area contributed by atoms with Gasteiger partial charge in [-0.05, 0) is 62.4 Å². The van der Waals surface area contributed by atoms with Crippen molar-refractivity contribution < 1.29 is 14.3 Å². The van der Waals surface area contributed by atoms with E-state index in [0.29, 0.717) is 17.0 Å². The highest BCUT2D eigenvalue weighted by Gasteiger charge is 2.10. The van der Waals surface area contributed by atoms with Gasteiger partial charge in [-0.15, -0.1) is 0 Å². The molecule has 0 aliphatic rings. The molecule has 3 N–H and O–H groups in total. The summed E-state index contributed by atoms with van der Waals surface area (Å²) in [5.74, 6) is -0.125. The lowest BCUT2D eigenvalue weighted by molar-refractivity contribution is -0.120. The van der Waals surface area contributed by atoms with Crippen molar-refractivity contribution in [3.05, 3.63) is 77.6 Å². The maximum Gasteiger partial charge on any atom is 0.269 e. The van der Waals surface area contributed by atoms with E-state index in [9.17, 15) is 9.59 Å². The predicted octanol–water partition coefficient (Wildman–Crippen LogP) is 2.98. The summed E-state index contributed by atoms with van der Waals surface area (Å²) in [6.07, 6.45) is 0. The van der Waals surface area contributed by atoms with E-state index in [-0.39, 0.29) is 18.4 Å². The van der Waals surface area contributed by atoms with Gasteiger partial charge in [-0.25, -0.2) is 0 Å². The van der Waals surface area contributed by atoms with Crippen LogP contribution in [0, 0.1) is 13.8 Å². The number of nitrogens with zero attached hydrogens (tertiary/aromatic N) is 1. The van der Waals surface area contributed by atoms with Gasteiger partial charge in [-0.3, -0.25) is 20.4 Å². The molecule has 0 saturated carbocycles. The Morgan fingerprint density at radius 1 is 0.897 bits per heavy atom. The lowest BCUT2D eigenvalue weighted by Gasteiger charge is -2.12. The molecule has 150 valence electrons. The average molecular weight is 392 g/mol. The zero-order valence-electron chi connectivity index (χ0n) is 16.7. The lowest BCUT2D eigenvalue weighted by Crippen LogP contribution is -2.44. The smallest absolute Gasteiger partial charge is 0.269 e. The zero-order chi connectivity index (χ0) is 20.8. The summed E-state index contributed by atoms with van der Waals surface area (Å²) in [6, 6.07) is 18.6. The first-order chi connectivity index (χ1) is 14.0. The number of carbonyl (C=O) groups excluding carboxylic acids is 2. The number of aryl methyl sites for hydroxylation is 2. The van der Waals surface area contributed by atoms with Gasteiger partial charge >= 0.3 is 0 Å². The largest absolute Gasteiger partial charge is 0.495 e. The predicted molar refractivity (Wildman–Crippen MR) is 112 cm³/mol. The summed E-state index contributed by atoms with van der Waals surface area (Å²) < 4.78 is 7.32. The van der Waals surface area contributed by atoms with Crippen LogP contribution in [0.4, 0.5) is 5.69 Å². The van der Waals surface area contributed by atoms with Gasteiger partial charge in [0.25, 0.3) is 11.8 Å². The number of anilines is 1. The Morgan fingerprint density at radius 3 is 2.21 bits per heavy atom. The SMILES string of the molecule is COc1ccccc1NCC(=O)NNC(=O)c1ccc(-n2c(C)ccc2C)cc1. The number of hydrazine groups is 1. The summed E-state index contributed by atoms with van der Waals surface area (Å²) >= 11 is 0. The van der Waals surface area contributed by atoms with Gasteiger partial charge in [0.15, 0.2) is 0 Å². The van der Waals surface area contributed by atoms with Crippen molar-refractivity contribution in [3.8, 4) is 11.4 Å². The molecule has 7 heteroatoms. The Hall–Kier alpha value is -3.74. The molecule has 3 aromatic rings. The molecule has 0 bridgehead atoms. The molecule has 0 radical (unpaired) electrons. The van der Waals surface area contributed by atoms with Crippen molar-refractivity contribution in [2.75, 3.05) is 19.0 Å². The number of para-hydroxylation sites is 2. The van der Waals surface area contributed by atoms with Gasteiger partial charge in [0.1, 0.15) is 5.75 Å². The Bertz CT molecular complexity index is 990. The van der Waals surface area contributed by atoms with E-state index in [2.05, 4.69) is 20.7 Å². The van der Waals surface area contributed by atoms with Gasteiger partial charge < -0.3 is 14.6 Å².